The van der Waals surface area contributed by atoms with E-state index in [9.17, 15) is 31.5 Å². The van der Waals surface area contributed by atoms with Crippen molar-refractivity contribution in [1.82, 2.24) is 5.32 Å². The molecular weight excluding hydrogens is 722 g/mol. The van der Waals surface area contributed by atoms with Crippen LogP contribution in [0.15, 0.2) is 140 Å². The number of halogens is 5. The summed E-state index contributed by atoms with van der Waals surface area (Å²) < 4.78 is 81.2. The standard InChI is InChI=1S/C43H30F5NO4S/c44-35-36(45)38(47)40(39(48)37(35)46)53-41(50)34(49-42(51)52-24-33-31-22-12-10-20-29(31)30-21-11-13-23-32(30)33)25-54-43(26-14-4-1-5-15-26,27-16-6-2-7-17-27)28-18-8-3-9-19-28/h1-23,33-34H,24-25H2,(H,49,51)/t34-/m0/s1. The first-order valence-electron chi connectivity index (χ1n) is 16.9. The van der Waals surface area contributed by atoms with Crippen LogP contribution >= 0.6 is 11.8 Å². The average molecular weight is 752 g/mol. The third-order valence-electron chi connectivity index (χ3n) is 9.30. The van der Waals surface area contributed by atoms with E-state index < -0.39 is 57.7 Å². The van der Waals surface area contributed by atoms with Gasteiger partial charge < -0.3 is 14.8 Å². The van der Waals surface area contributed by atoms with Gasteiger partial charge in [0, 0.05) is 11.7 Å². The number of alkyl carbamates (subject to hydrolysis) is 1. The Balaban J connectivity index is 1.23. The highest BCUT2D eigenvalue weighted by Gasteiger charge is 2.40. The van der Waals surface area contributed by atoms with E-state index in [0.717, 1.165) is 38.9 Å². The Morgan fingerprint density at radius 3 is 1.46 bits per heavy atom. The molecule has 0 spiro atoms. The van der Waals surface area contributed by atoms with E-state index in [4.69, 9.17) is 9.47 Å². The number of ether oxygens (including phenoxy) is 2. The maximum atomic E-state index is 14.7. The Bertz CT molecular complexity index is 2140. The van der Waals surface area contributed by atoms with Crippen LogP contribution in [0.4, 0.5) is 26.7 Å². The molecule has 272 valence electrons. The lowest BCUT2D eigenvalue weighted by Gasteiger charge is -2.36. The Morgan fingerprint density at radius 1 is 0.593 bits per heavy atom. The van der Waals surface area contributed by atoms with Crippen molar-refractivity contribution in [2.45, 2.75) is 16.7 Å². The molecule has 0 bridgehead atoms. The van der Waals surface area contributed by atoms with Crippen LogP contribution in [0.3, 0.4) is 0 Å². The van der Waals surface area contributed by atoms with Crippen LogP contribution in [0, 0.1) is 29.1 Å². The number of carbonyl (C=O) groups excluding carboxylic acids is 2. The van der Waals surface area contributed by atoms with Gasteiger partial charge in [-0.05, 0) is 38.9 Å². The first kappa shape index (κ1) is 36.4. The van der Waals surface area contributed by atoms with E-state index >= 15 is 0 Å². The zero-order chi connectivity index (χ0) is 37.8. The summed E-state index contributed by atoms with van der Waals surface area (Å²) in [6.07, 6.45) is -1.07. The lowest BCUT2D eigenvalue weighted by atomic mass is 9.84. The molecule has 0 aromatic heterocycles. The molecule has 5 nitrogen and oxygen atoms in total. The van der Waals surface area contributed by atoms with Gasteiger partial charge in [-0.3, -0.25) is 0 Å². The number of amides is 1. The van der Waals surface area contributed by atoms with Crippen LogP contribution in [-0.2, 0) is 14.3 Å². The van der Waals surface area contributed by atoms with Crippen LogP contribution in [-0.4, -0.2) is 30.5 Å². The van der Waals surface area contributed by atoms with Crippen molar-refractivity contribution in [3.63, 3.8) is 0 Å². The molecular formula is C43H30F5NO4S. The van der Waals surface area contributed by atoms with Crippen LogP contribution in [0.2, 0.25) is 0 Å². The van der Waals surface area contributed by atoms with Crippen molar-refractivity contribution in [3.05, 3.63) is 196 Å². The predicted octanol–water partition coefficient (Wildman–Crippen LogP) is 9.92. The van der Waals surface area contributed by atoms with Crippen molar-refractivity contribution in [2.24, 2.45) is 0 Å². The fourth-order valence-corrected chi connectivity index (χ4v) is 8.32. The SMILES string of the molecule is O=C(N[C@@H](CSC(c1ccccc1)(c1ccccc1)c1ccccc1)C(=O)Oc1c(F)c(F)c(F)c(F)c1F)OCC1c2ccccc2-c2ccccc21. The van der Waals surface area contributed by atoms with Gasteiger partial charge in [0.25, 0.3) is 0 Å². The lowest BCUT2D eigenvalue weighted by Crippen LogP contribution is -2.46. The summed E-state index contributed by atoms with van der Waals surface area (Å²) >= 11 is 1.19. The molecule has 1 amide bonds. The number of carbonyl (C=O) groups is 2. The fraction of sp³-hybridized carbons (Fsp3) is 0.116. The van der Waals surface area contributed by atoms with Gasteiger partial charge >= 0.3 is 12.1 Å². The second-order valence-corrected chi connectivity index (χ2v) is 13.7. The third-order valence-corrected chi connectivity index (χ3v) is 10.9. The first-order chi connectivity index (χ1) is 26.2. The number of hydrogen-bond acceptors (Lipinski definition) is 5. The Labute approximate surface area is 311 Å². The molecule has 7 rings (SSSR count). The van der Waals surface area contributed by atoms with Gasteiger partial charge in [0.05, 0.1) is 4.75 Å². The molecule has 54 heavy (non-hydrogen) atoms. The molecule has 0 saturated carbocycles. The van der Waals surface area contributed by atoms with Gasteiger partial charge in [-0.15, -0.1) is 11.8 Å². The topological polar surface area (TPSA) is 64.6 Å². The summed E-state index contributed by atoms with van der Waals surface area (Å²) in [4.78, 5) is 27.3. The highest BCUT2D eigenvalue weighted by atomic mass is 32.2. The smallest absolute Gasteiger partial charge is 0.407 e. The van der Waals surface area contributed by atoms with Gasteiger partial charge in [-0.2, -0.15) is 8.78 Å². The van der Waals surface area contributed by atoms with Gasteiger partial charge in [-0.1, -0.05) is 140 Å². The number of hydrogen-bond donors (Lipinski definition) is 1. The van der Waals surface area contributed by atoms with Gasteiger partial charge in [-0.25, -0.2) is 22.8 Å². The number of rotatable bonds is 11. The molecule has 1 aliphatic carbocycles. The van der Waals surface area contributed by atoms with Gasteiger partial charge in [0.2, 0.25) is 34.8 Å². The van der Waals surface area contributed by atoms with E-state index in [2.05, 4.69) is 5.32 Å². The van der Waals surface area contributed by atoms with Crippen LogP contribution in [0.1, 0.15) is 33.7 Å². The zero-order valence-electron chi connectivity index (χ0n) is 28.3. The largest absolute Gasteiger partial charge is 0.449 e. The Hall–Kier alpha value is -5.94. The summed E-state index contributed by atoms with van der Waals surface area (Å²) in [5.74, 6) is -15.6. The minimum absolute atomic E-state index is 0.131. The summed E-state index contributed by atoms with van der Waals surface area (Å²) in [6.45, 7) is -0.131. The van der Waals surface area contributed by atoms with E-state index in [-0.39, 0.29) is 18.3 Å². The molecule has 1 atom stereocenters. The highest BCUT2D eigenvalue weighted by Crippen LogP contribution is 2.49. The van der Waals surface area contributed by atoms with E-state index in [1.807, 2.05) is 140 Å². The number of benzene rings is 6. The molecule has 6 aromatic carbocycles. The average Bonchev–Trinajstić information content (AvgIpc) is 3.54. The maximum absolute atomic E-state index is 14.7. The normalized spacial score (nSPS) is 12.8. The minimum atomic E-state index is -2.41. The Kier molecular flexibility index (Phi) is 10.5. The number of fused-ring (bicyclic) bond motifs is 3. The molecule has 0 radical (unpaired) electrons. The summed E-state index contributed by atoms with van der Waals surface area (Å²) in [7, 11) is 0. The number of thioether (sulfide) groups is 1. The second kappa shape index (κ2) is 15.6. The first-order valence-corrected chi connectivity index (χ1v) is 17.8. The molecule has 1 aliphatic rings. The van der Waals surface area contributed by atoms with Crippen LogP contribution in [0.5, 0.6) is 5.75 Å². The summed E-state index contributed by atoms with van der Waals surface area (Å²) in [5, 5.41) is 2.45. The van der Waals surface area contributed by atoms with Crippen molar-refractivity contribution in [2.75, 3.05) is 12.4 Å². The monoisotopic (exact) mass is 751 g/mol. The predicted molar refractivity (Wildman–Crippen MR) is 196 cm³/mol. The van der Waals surface area contributed by atoms with Crippen LogP contribution in [0.25, 0.3) is 11.1 Å². The van der Waals surface area contributed by atoms with Crippen LogP contribution < -0.4 is 10.1 Å². The van der Waals surface area contributed by atoms with Crippen molar-refractivity contribution in [3.8, 4) is 16.9 Å². The van der Waals surface area contributed by atoms with E-state index in [0.29, 0.717) is 0 Å². The minimum Gasteiger partial charge on any atom is -0.449 e. The molecule has 0 aliphatic heterocycles. The number of esters is 1. The lowest BCUT2D eigenvalue weighted by molar-refractivity contribution is -0.136. The molecule has 0 fully saturated rings. The van der Waals surface area contributed by atoms with E-state index in [1.54, 1.807) is 0 Å². The van der Waals surface area contributed by atoms with Crippen molar-refractivity contribution < 1.29 is 41.0 Å². The maximum Gasteiger partial charge on any atom is 0.407 e. The van der Waals surface area contributed by atoms with Crippen molar-refractivity contribution in [1.29, 1.82) is 0 Å². The van der Waals surface area contributed by atoms with E-state index in [1.165, 1.54) is 11.8 Å². The van der Waals surface area contributed by atoms with Crippen molar-refractivity contribution >= 4 is 23.8 Å². The van der Waals surface area contributed by atoms with Gasteiger partial charge in [0.1, 0.15) is 12.6 Å². The molecule has 0 heterocycles. The molecule has 11 heteroatoms. The Morgan fingerprint density at radius 2 is 1.00 bits per heavy atom. The summed E-state index contributed by atoms with van der Waals surface area (Å²) in [5.41, 5.74) is 6.22. The third kappa shape index (κ3) is 6.82. The fourth-order valence-electron chi connectivity index (χ4n) is 6.77. The highest BCUT2D eigenvalue weighted by molar-refractivity contribution is 8.00. The molecule has 0 saturated heterocycles. The van der Waals surface area contributed by atoms with Gasteiger partial charge in [0.15, 0.2) is 0 Å². The zero-order valence-corrected chi connectivity index (χ0v) is 29.1. The molecule has 6 aromatic rings. The quantitative estimate of drug-likeness (QED) is 0.0357. The molecule has 1 N–H and O–H groups in total. The second-order valence-electron chi connectivity index (χ2n) is 12.4. The number of nitrogens with one attached hydrogen (secondary N) is 1. The summed E-state index contributed by atoms with van der Waals surface area (Å²) in [6, 6.07) is 41.6. The molecule has 0 unspecified atom stereocenters.